The van der Waals surface area contributed by atoms with E-state index < -0.39 is 0 Å². The second-order valence-electron chi connectivity index (χ2n) is 4.55. The molecule has 0 fully saturated rings. The summed E-state index contributed by atoms with van der Waals surface area (Å²) in [6, 6.07) is 8.19. The van der Waals surface area contributed by atoms with Crippen molar-refractivity contribution < 1.29 is 9.15 Å². The van der Waals surface area contributed by atoms with E-state index in [1.807, 2.05) is 25.1 Å². The Morgan fingerprint density at radius 3 is 3.06 bits per heavy atom. The molecule has 2 heterocycles. The maximum Gasteiger partial charge on any atom is 0.208 e. The number of aromatic nitrogens is 1. The van der Waals surface area contributed by atoms with Crippen molar-refractivity contribution in [3.05, 3.63) is 47.7 Å². The zero-order chi connectivity index (χ0) is 12.4. The fourth-order valence-corrected chi connectivity index (χ4v) is 2.19. The normalized spacial score (nSPS) is 17.5. The van der Waals surface area contributed by atoms with Crippen molar-refractivity contribution in [1.29, 1.82) is 0 Å². The van der Waals surface area contributed by atoms with Crippen LogP contribution in [0.15, 0.2) is 34.9 Å². The molecule has 4 nitrogen and oxygen atoms in total. The fraction of sp³-hybridized carbons (Fsp3) is 0.357. The number of nitrogens with zero attached hydrogens (tertiary/aromatic N) is 1. The van der Waals surface area contributed by atoms with Crippen molar-refractivity contribution in [3.63, 3.8) is 0 Å². The molecule has 1 unspecified atom stereocenters. The minimum absolute atomic E-state index is 0.207. The number of rotatable bonds is 4. The summed E-state index contributed by atoms with van der Waals surface area (Å²) in [4.78, 5) is 4.15. The molecule has 0 bridgehead atoms. The first-order chi connectivity index (χ1) is 8.81. The lowest BCUT2D eigenvalue weighted by Gasteiger charge is -2.10. The zero-order valence-electron chi connectivity index (χ0n) is 10.3. The van der Waals surface area contributed by atoms with Crippen LogP contribution >= 0.6 is 0 Å². The van der Waals surface area contributed by atoms with Gasteiger partial charge in [-0.05, 0) is 18.6 Å². The van der Waals surface area contributed by atoms with Gasteiger partial charge in [0.2, 0.25) is 5.89 Å². The van der Waals surface area contributed by atoms with Gasteiger partial charge in [-0.2, -0.15) is 0 Å². The first kappa shape index (κ1) is 11.3. The van der Waals surface area contributed by atoms with Crippen LogP contribution in [0.2, 0.25) is 0 Å². The van der Waals surface area contributed by atoms with Gasteiger partial charge in [0.15, 0.2) is 0 Å². The molecular formula is C14H16N2O2. The Hall–Kier alpha value is -1.81. The Bertz CT molecular complexity index is 511. The van der Waals surface area contributed by atoms with Gasteiger partial charge < -0.3 is 14.5 Å². The average molecular weight is 244 g/mol. The van der Waals surface area contributed by atoms with E-state index in [0.717, 1.165) is 30.4 Å². The number of nitrogens with one attached hydrogen (secondary N) is 1. The van der Waals surface area contributed by atoms with Crippen LogP contribution in [0.25, 0.3) is 0 Å². The molecule has 1 N–H and O–H groups in total. The van der Waals surface area contributed by atoms with E-state index in [1.54, 1.807) is 6.20 Å². The van der Waals surface area contributed by atoms with Crippen LogP contribution in [-0.4, -0.2) is 17.6 Å². The number of ether oxygens (including phenoxy) is 1. The maximum atomic E-state index is 5.84. The van der Waals surface area contributed by atoms with Gasteiger partial charge in [0.1, 0.15) is 17.6 Å². The molecular weight excluding hydrogens is 228 g/mol. The van der Waals surface area contributed by atoms with E-state index in [4.69, 9.17) is 9.15 Å². The number of aryl methyl sites for hydroxylation is 1. The highest BCUT2D eigenvalue weighted by atomic mass is 16.5. The van der Waals surface area contributed by atoms with Crippen LogP contribution in [0.4, 0.5) is 0 Å². The summed E-state index contributed by atoms with van der Waals surface area (Å²) in [6.45, 7) is 3.34. The predicted molar refractivity (Wildman–Crippen MR) is 67.5 cm³/mol. The van der Waals surface area contributed by atoms with Gasteiger partial charge in [-0.15, -0.1) is 0 Å². The number of hydrogen-bond acceptors (Lipinski definition) is 4. The van der Waals surface area contributed by atoms with Gasteiger partial charge in [0, 0.05) is 13.0 Å². The van der Waals surface area contributed by atoms with E-state index in [1.165, 1.54) is 5.56 Å². The number of oxazole rings is 1. The molecule has 0 aliphatic carbocycles. The predicted octanol–water partition coefficient (Wildman–Crippen LogP) is 2.08. The summed E-state index contributed by atoms with van der Waals surface area (Å²) >= 11 is 0. The molecule has 1 aliphatic heterocycles. The Morgan fingerprint density at radius 1 is 1.39 bits per heavy atom. The molecule has 3 rings (SSSR count). The summed E-state index contributed by atoms with van der Waals surface area (Å²) in [5.74, 6) is 2.58. The van der Waals surface area contributed by atoms with Crippen LogP contribution in [0.1, 0.15) is 17.2 Å². The van der Waals surface area contributed by atoms with Crippen LogP contribution in [-0.2, 0) is 13.0 Å². The lowest BCUT2D eigenvalue weighted by Crippen LogP contribution is -2.29. The van der Waals surface area contributed by atoms with E-state index in [-0.39, 0.29) is 6.10 Å². The summed E-state index contributed by atoms with van der Waals surface area (Å²) in [7, 11) is 0. The lowest BCUT2D eigenvalue weighted by molar-refractivity contribution is 0.225. The van der Waals surface area contributed by atoms with Gasteiger partial charge in [0.25, 0.3) is 0 Å². The molecule has 1 aliphatic rings. The highest BCUT2D eigenvalue weighted by Gasteiger charge is 2.21. The Labute approximate surface area is 106 Å². The summed E-state index contributed by atoms with van der Waals surface area (Å²) < 4.78 is 11.2. The van der Waals surface area contributed by atoms with Crippen LogP contribution in [0.5, 0.6) is 5.75 Å². The first-order valence-electron chi connectivity index (χ1n) is 6.18. The molecule has 1 atom stereocenters. The molecule has 1 aromatic carbocycles. The zero-order valence-corrected chi connectivity index (χ0v) is 10.3. The van der Waals surface area contributed by atoms with Gasteiger partial charge in [-0.25, -0.2) is 4.98 Å². The third kappa shape index (κ3) is 2.38. The van der Waals surface area contributed by atoms with Crippen molar-refractivity contribution in [1.82, 2.24) is 10.3 Å². The second kappa shape index (κ2) is 4.82. The summed E-state index contributed by atoms with van der Waals surface area (Å²) in [5, 5.41) is 3.31. The van der Waals surface area contributed by atoms with Crippen LogP contribution in [0, 0.1) is 6.92 Å². The number of para-hydroxylation sites is 1. The molecule has 0 saturated carbocycles. The standard InChI is InChI=1S/C14H16N2O2/c1-10-7-16-14(17-10)9-15-8-12-6-11-4-2-3-5-13(11)18-12/h2-5,7,12,15H,6,8-9H2,1H3. The Balaban J connectivity index is 1.48. The fourth-order valence-electron chi connectivity index (χ4n) is 2.19. The van der Waals surface area contributed by atoms with Gasteiger partial charge in [-0.1, -0.05) is 18.2 Å². The van der Waals surface area contributed by atoms with E-state index >= 15 is 0 Å². The largest absolute Gasteiger partial charge is 0.488 e. The van der Waals surface area contributed by atoms with Gasteiger partial charge in [0.05, 0.1) is 12.7 Å². The van der Waals surface area contributed by atoms with Crippen molar-refractivity contribution in [2.24, 2.45) is 0 Å². The van der Waals surface area contributed by atoms with E-state index in [2.05, 4.69) is 16.4 Å². The monoisotopic (exact) mass is 244 g/mol. The Kier molecular flexibility index (Phi) is 3.02. The molecule has 0 spiro atoms. The topological polar surface area (TPSA) is 47.3 Å². The van der Waals surface area contributed by atoms with E-state index in [9.17, 15) is 0 Å². The minimum atomic E-state index is 0.207. The summed E-state index contributed by atoms with van der Waals surface area (Å²) in [5.41, 5.74) is 1.29. The van der Waals surface area contributed by atoms with Gasteiger partial charge >= 0.3 is 0 Å². The molecule has 0 saturated heterocycles. The third-order valence-corrected chi connectivity index (χ3v) is 3.03. The number of fused-ring (bicyclic) bond motifs is 1. The second-order valence-corrected chi connectivity index (χ2v) is 4.55. The smallest absolute Gasteiger partial charge is 0.208 e. The SMILES string of the molecule is Cc1cnc(CNCC2Cc3ccccc3O2)o1. The highest BCUT2D eigenvalue weighted by molar-refractivity contribution is 5.37. The van der Waals surface area contributed by atoms with Crippen molar-refractivity contribution >= 4 is 0 Å². The first-order valence-corrected chi connectivity index (χ1v) is 6.18. The van der Waals surface area contributed by atoms with Gasteiger partial charge in [-0.3, -0.25) is 0 Å². The van der Waals surface area contributed by atoms with Crippen molar-refractivity contribution in [3.8, 4) is 5.75 Å². The maximum absolute atomic E-state index is 5.84. The molecule has 1 aromatic heterocycles. The van der Waals surface area contributed by atoms with Crippen molar-refractivity contribution in [2.75, 3.05) is 6.54 Å². The quantitative estimate of drug-likeness (QED) is 0.894. The molecule has 4 heteroatoms. The summed E-state index contributed by atoms with van der Waals surface area (Å²) in [6.07, 6.45) is 2.91. The van der Waals surface area contributed by atoms with E-state index in [0.29, 0.717) is 6.54 Å². The molecule has 18 heavy (non-hydrogen) atoms. The number of benzene rings is 1. The van der Waals surface area contributed by atoms with Crippen molar-refractivity contribution in [2.45, 2.75) is 26.0 Å². The Morgan fingerprint density at radius 2 is 2.28 bits per heavy atom. The number of hydrogen-bond donors (Lipinski definition) is 1. The molecule has 0 radical (unpaired) electrons. The minimum Gasteiger partial charge on any atom is -0.488 e. The van der Waals surface area contributed by atoms with Crippen LogP contribution in [0.3, 0.4) is 0 Å². The average Bonchev–Trinajstić information content (AvgIpc) is 2.95. The molecule has 2 aromatic rings. The lowest BCUT2D eigenvalue weighted by atomic mass is 10.1. The molecule has 94 valence electrons. The highest BCUT2D eigenvalue weighted by Crippen LogP contribution is 2.27. The molecule has 0 amide bonds. The third-order valence-electron chi connectivity index (χ3n) is 3.03. The van der Waals surface area contributed by atoms with Crippen LogP contribution < -0.4 is 10.1 Å².